The van der Waals surface area contributed by atoms with Gasteiger partial charge in [-0.05, 0) is 116 Å². The lowest BCUT2D eigenvalue weighted by molar-refractivity contribution is -0.257. The number of nitrogens with zero attached hydrogens (tertiary/aromatic N) is 2. The topological polar surface area (TPSA) is 119 Å². The van der Waals surface area contributed by atoms with Gasteiger partial charge in [0.2, 0.25) is 11.7 Å². The number of amides is 1. The highest BCUT2D eigenvalue weighted by Gasteiger charge is 2.65. The molecule has 0 spiro atoms. The number of rotatable bonds is 21. The van der Waals surface area contributed by atoms with Crippen LogP contribution in [0.3, 0.4) is 0 Å². The number of fused-ring (bicyclic) bond motifs is 2. The highest BCUT2D eigenvalue weighted by Crippen LogP contribution is 2.62. The Kier molecular flexibility index (Phi) is 15.4. The summed E-state index contributed by atoms with van der Waals surface area (Å²) in [7, 11) is 3.19. The summed E-state index contributed by atoms with van der Waals surface area (Å²) >= 11 is 1.68. The Hall–Kier alpha value is -4.29. The van der Waals surface area contributed by atoms with Crippen molar-refractivity contribution in [2.45, 2.75) is 87.4 Å². The second kappa shape index (κ2) is 20.6. The number of aliphatic hydroxyl groups is 2. The Morgan fingerprint density at radius 3 is 2.45 bits per heavy atom. The lowest BCUT2D eigenvalue weighted by Gasteiger charge is -2.60. The highest BCUT2D eigenvalue weighted by molar-refractivity contribution is 7.98. The van der Waals surface area contributed by atoms with E-state index in [1.165, 1.54) is 0 Å². The van der Waals surface area contributed by atoms with E-state index in [9.17, 15) is 15.0 Å². The molecule has 0 radical (unpaired) electrons. The van der Waals surface area contributed by atoms with Crippen molar-refractivity contribution in [3.8, 4) is 23.0 Å². The zero-order chi connectivity index (χ0) is 41.1. The first kappa shape index (κ1) is 43.3. The van der Waals surface area contributed by atoms with Crippen molar-refractivity contribution in [1.29, 1.82) is 0 Å². The van der Waals surface area contributed by atoms with Crippen LogP contribution in [-0.4, -0.2) is 85.4 Å². The number of methoxy groups -OCH3 is 1. The lowest BCUT2D eigenvalue weighted by atomic mass is 9.55. The molecule has 2 N–H and O–H groups in total. The molecular weight excluding hydrogens is 753 g/mol. The number of aliphatic hydroxyl groups excluding tert-OH is 2. The highest BCUT2D eigenvalue weighted by atomic mass is 32.2. The van der Waals surface area contributed by atoms with Gasteiger partial charge in [0.25, 0.3) is 0 Å². The summed E-state index contributed by atoms with van der Waals surface area (Å²) in [6, 6.07) is 21.2. The number of allylic oxidation sites excluding steroid dienone is 1. The molecule has 1 aliphatic heterocycles. The Labute approximate surface area is 348 Å². The normalized spacial score (nSPS) is 23.9. The summed E-state index contributed by atoms with van der Waals surface area (Å²) in [5.41, 5.74) is 3.63. The maximum Gasteiger partial charge on any atom is 0.239 e. The van der Waals surface area contributed by atoms with Crippen LogP contribution in [0.25, 0.3) is 0 Å². The Balaban J connectivity index is 1.54. The van der Waals surface area contributed by atoms with E-state index >= 15 is 0 Å². The van der Waals surface area contributed by atoms with E-state index < -0.39 is 11.8 Å². The van der Waals surface area contributed by atoms with Gasteiger partial charge >= 0.3 is 0 Å². The zero-order valence-electron chi connectivity index (χ0n) is 34.4. The first-order chi connectivity index (χ1) is 28.3. The molecular formula is C47H60N2O8S. The van der Waals surface area contributed by atoms with Gasteiger partial charge in [-0.25, -0.2) is 0 Å². The molecule has 1 saturated carbocycles. The van der Waals surface area contributed by atoms with E-state index in [-0.39, 0.29) is 55.8 Å². The van der Waals surface area contributed by atoms with Crippen LogP contribution in [0.5, 0.6) is 23.0 Å². The molecule has 0 unspecified atom stereocenters. The van der Waals surface area contributed by atoms with Gasteiger partial charge in [0.05, 0.1) is 31.8 Å². The van der Waals surface area contributed by atoms with Gasteiger partial charge in [-0.15, -0.1) is 18.3 Å². The molecule has 1 heterocycles. The number of benzene rings is 3. The third-order valence-electron chi connectivity index (χ3n) is 11.8. The van der Waals surface area contributed by atoms with Crippen LogP contribution in [0.4, 0.5) is 0 Å². The molecule has 0 saturated heterocycles. The van der Waals surface area contributed by atoms with Crippen LogP contribution >= 0.6 is 11.8 Å². The molecule has 58 heavy (non-hydrogen) atoms. The predicted octanol–water partition coefficient (Wildman–Crippen LogP) is 8.95. The number of oxime groups is 1. The molecule has 10 nitrogen and oxygen atoms in total. The minimum absolute atomic E-state index is 0.0507. The van der Waals surface area contributed by atoms with Crippen LogP contribution in [0.2, 0.25) is 0 Å². The van der Waals surface area contributed by atoms with Crippen LogP contribution in [-0.2, 0) is 20.8 Å². The van der Waals surface area contributed by atoms with E-state index in [1.54, 1.807) is 32.1 Å². The van der Waals surface area contributed by atoms with E-state index in [0.717, 1.165) is 65.2 Å². The van der Waals surface area contributed by atoms with Gasteiger partial charge in [0, 0.05) is 42.6 Å². The molecule has 312 valence electrons. The lowest BCUT2D eigenvalue weighted by Crippen LogP contribution is -2.70. The van der Waals surface area contributed by atoms with Gasteiger partial charge < -0.3 is 38.9 Å². The molecule has 3 aliphatic rings. The smallest absolute Gasteiger partial charge is 0.239 e. The second-order valence-electron chi connectivity index (χ2n) is 15.3. The SMILES string of the molecule is C=CCO[C@@]12Oc3ccc(Oc4ccc(SC)cc4)cc3[C@H]3[C@H](CCCCO)[C@@H](CCCCO)C=C(C(=NOC)C[C@@H]1N(CCC)C(=O)Cc1cccc(OC)c1)[C@H]32. The average Bonchev–Trinajstić information content (AvgIpc) is 3.24. The first-order valence-corrected chi connectivity index (χ1v) is 21.9. The third kappa shape index (κ3) is 9.44. The number of carbonyl (C=O) groups excluding carboxylic acids is 1. The molecule has 6 atom stereocenters. The van der Waals surface area contributed by atoms with Crippen LogP contribution in [0.1, 0.15) is 75.3 Å². The molecule has 1 amide bonds. The summed E-state index contributed by atoms with van der Waals surface area (Å²) in [5.74, 6) is 1.16. The molecule has 11 heteroatoms. The average molecular weight is 813 g/mol. The largest absolute Gasteiger partial charge is 0.497 e. The van der Waals surface area contributed by atoms with Gasteiger partial charge in [-0.2, -0.15) is 0 Å². The van der Waals surface area contributed by atoms with Crippen molar-refractivity contribution in [3.05, 3.63) is 102 Å². The molecule has 3 aromatic rings. The van der Waals surface area contributed by atoms with Crippen molar-refractivity contribution in [1.82, 2.24) is 4.90 Å². The maximum absolute atomic E-state index is 14.8. The summed E-state index contributed by atoms with van der Waals surface area (Å²) in [6.45, 7) is 7.04. The molecule has 6 rings (SSSR count). The third-order valence-corrected chi connectivity index (χ3v) is 12.5. The zero-order valence-corrected chi connectivity index (χ0v) is 35.3. The fourth-order valence-corrected chi connectivity index (χ4v) is 9.76. The summed E-state index contributed by atoms with van der Waals surface area (Å²) < 4.78 is 26.4. The van der Waals surface area contributed by atoms with E-state index in [4.69, 9.17) is 28.9 Å². The molecule has 0 aromatic heterocycles. The van der Waals surface area contributed by atoms with Gasteiger partial charge in [0.15, 0.2) is 0 Å². The standard InChI is InChI=1S/C47H60N2O8S/c1-6-23-49(44(52)28-32-13-12-15-35(27-32)53-3)43-31-41(48-54-4)39-29-33(14-8-10-24-50)38(16-9-11-25-51)45-40-30-36(56-34-17-20-37(58-5)21-18-34)19-22-42(40)57-47(43,46(39)45)55-26-7-2/h7,12-13,15,17-22,27,29-30,33,38,43,45-46,50-51H,2,6,8-11,14,16,23-26,28,31H2,1,3-5H3/t33-,38+,43-,45+,46+,47+/m0/s1. The van der Waals surface area contributed by atoms with Crippen molar-refractivity contribution in [2.24, 2.45) is 22.9 Å². The molecule has 2 aliphatic carbocycles. The summed E-state index contributed by atoms with van der Waals surface area (Å²) in [5, 5.41) is 24.5. The quantitative estimate of drug-likeness (QED) is 0.0471. The predicted molar refractivity (Wildman–Crippen MR) is 229 cm³/mol. The van der Waals surface area contributed by atoms with Gasteiger partial charge in [0.1, 0.15) is 36.1 Å². The molecule has 0 bridgehead atoms. The van der Waals surface area contributed by atoms with Crippen LogP contribution in [0.15, 0.2) is 101 Å². The minimum Gasteiger partial charge on any atom is -0.497 e. The molecule has 1 fully saturated rings. The van der Waals surface area contributed by atoms with Crippen LogP contribution < -0.4 is 14.2 Å². The number of hydrogen-bond acceptors (Lipinski definition) is 10. The number of thioether (sulfide) groups is 1. The maximum atomic E-state index is 14.8. The number of carbonyl (C=O) groups is 1. The Morgan fingerprint density at radius 1 is 1.00 bits per heavy atom. The van der Waals surface area contributed by atoms with E-state index in [1.807, 2.05) is 53.4 Å². The summed E-state index contributed by atoms with van der Waals surface area (Å²) in [6.07, 6.45) is 12.2. The fraction of sp³-hybridized carbons (Fsp3) is 0.489. The monoisotopic (exact) mass is 812 g/mol. The van der Waals surface area contributed by atoms with E-state index in [2.05, 4.69) is 44.0 Å². The Morgan fingerprint density at radius 2 is 1.76 bits per heavy atom. The van der Waals surface area contributed by atoms with Crippen molar-refractivity contribution in [3.63, 3.8) is 0 Å². The van der Waals surface area contributed by atoms with Crippen molar-refractivity contribution in [2.75, 3.05) is 46.8 Å². The number of hydrogen-bond donors (Lipinski definition) is 2. The van der Waals surface area contributed by atoms with Gasteiger partial charge in [-0.1, -0.05) is 49.2 Å². The number of ether oxygens (including phenoxy) is 4. The van der Waals surface area contributed by atoms with Gasteiger partial charge in [-0.3, -0.25) is 4.79 Å². The Bertz CT molecular complexity index is 1900. The van der Waals surface area contributed by atoms with Crippen molar-refractivity contribution < 1.29 is 38.8 Å². The van der Waals surface area contributed by atoms with Crippen LogP contribution in [0, 0.1) is 17.8 Å². The summed E-state index contributed by atoms with van der Waals surface area (Å²) in [4.78, 5) is 23.4. The minimum atomic E-state index is -1.31. The molecule has 3 aromatic carbocycles. The van der Waals surface area contributed by atoms with E-state index in [0.29, 0.717) is 43.1 Å². The second-order valence-corrected chi connectivity index (χ2v) is 16.2. The first-order valence-electron chi connectivity index (χ1n) is 20.7. The number of unbranched alkanes of at least 4 members (excludes halogenated alkanes) is 2. The van der Waals surface area contributed by atoms with Crippen molar-refractivity contribution >= 4 is 23.4 Å². The fourth-order valence-electron chi connectivity index (χ4n) is 9.36.